The van der Waals surface area contributed by atoms with E-state index in [1.165, 1.54) is 18.3 Å². The van der Waals surface area contributed by atoms with E-state index in [2.05, 4.69) is 9.88 Å². The normalized spacial score (nSPS) is 11.5. The summed E-state index contributed by atoms with van der Waals surface area (Å²) < 4.78 is 31.8. The molecule has 8 heteroatoms. The van der Waals surface area contributed by atoms with Crippen molar-refractivity contribution in [2.24, 2.45) is 0 Å². The van der Waals surface area contributed by atoms with Crippen LogP contribution in [0.15, 0.2) is 33.8 Å². The van der Waals surface area contributed by atoms with Gasteiger partial charge in [-0.25, -0.2) is 17.9 Å². The molecule has 0 fully saturated rings. The Bertz CT molecular complexity index is 766. The number of nitrogens with one attached hydrogen (secondary N) is 1. The number of carboxylic acids is 1. The number of benzene rings is 1. The van der Waals surface area contributed by atoms with Gasteiger partial charge in [-0.2, -0.15) is 0 Å². The molecule has 0 aliphatic carbocycles. The van der Waals surface area contributed by atoms with E-state index in [0.717, 1.165) is 6.07 Å². The van der Waals surface area contributed by atoms with Crippen LogP contribution in [0.5, 0.6) is 0 Å². The maximum atomic E-state index is 12.3. The highest BCUT2D eigenvalue weighted by Gasteiger charge is 2.21. The largest absolute Gasteiger partial charge is 0.478 e. The van der Waals surface area contributed by atoms with E-state index in [1.54, 1.807) is 13.8 Å². The molecule has 0 aliphatic rings. The number of hydrogen-bond donors (Lipinski definition) is 2. The van der Waals surface area contributed by atoms with Crippen LogP contribution in [-0.2, 0) is 16.6 Å². The number of carbonyl (C=O) groups is 1. The molecule has 1 aromatic carbocycles. The first-order valence-electron chi connectivity index (χ1n) is 6.05. The van der Waals surface area contributed by atoms with Crippen molar-refractivity contribution in [1.82, 2.24) is 9.88 Å². The van der Waals surface area contributed by atoms with E-state index in [1.807, 2.05) is 0 Å². The van der Waals surface area contributed by atoms with Crippen LogP contribution in [0.3, 0.4) is 0 Å². The summed E-state index contributed by atoms with van der Waals surface area (Å²) >= 11 is 0. The molecule has 21 heavy (non-hydrogen) atoms. The molecule has 0 saturated carbocycles. The lowest BCUT2D eigenvalue weighted by Crippen LogP contribution is -2.24. The van der Waals surface area contributed by atoms with E-state index in [4.69, 9.17) is 9.63 Å². The predicted molar refractivity (Wildman–Crippen MR) is 73.4 cm³/mol. The summed E-state index contributed by atoms with van der Waals surface area (Å²) in [6.07, 6.45) is 1.41. The molecule has 2 rings (SSSR count). The van der Waals surface area contributed by atoms with E-state index in [-0.39, 0.29) is 17.0 Å². The molecule has 0 unspecified atom stereocenters. The standard InChI is InChI=1S/C13H14N2O5S/c1-8-5-10(13(16)17)6-12(9(8)2)21(18,19)15-7-11-3-4-14-20-11/h3-6,15H,7H2,1-2H3,(H,16,17). The van der Waals surface area contributed by atoms with Crippen molar-refractivity contribution >= 4 is 16.0 Å². The SMILES string of the molecule is Cc1cc(C(=O)O)cc(S(=O)(=O)NCc2ccno2)c1C. The summed E-state index contributed by atoms with van der Waals surface area (Å²) in [5.41, 5.74) is 1.03. The zero-order valence-electron chi connectivity index (χ0n) is 11.5. The van der Waals surface area contributed by atoms with Gasteiger partial charge in [0.2, 0.25) is 10.0 Å². The number of aromatic nitrogens is 1. The van der Waals surface area contributed by atoms with Crippen molar-refractivity contribution < 1.29 is 22.8 Å². The average Bonchev–Trinajstić information content (AvgIpc) is 2.92. The first-order valence-corrected chi connectivity index (χ1v) is 7.53. The molecular weight excluding hydrogens is 296 g/mol. The molecule has 0 bridgehead atoms. The molecule has 2 N–H and O–H groups in total. The Morgan fingerprint density at radius 2 is 2.10 bits per heavy atom. The number of nitrogens with zero attached hydrogens (tertiary/aromatic N) is 1. The van der Waals surface area contributed by atoms with Crippen LogP contribution in [0.1, 0.15) is 27.2 Å². The van der Waals surface area contributed by atoms with Crippen LogP contribution >= 0.6 is 0 Å². The zero-order chi connectivity index (χ0) is 15.6. The minimum absolute atomic E-state index is 0.0561. The maximum Gasteiger partial charge on any atom is 0.335 e. The smallest absolute Gasteiger partial charge is 0.335 e. The molecule has 2 aromatic rings. The van der Waals surface area contributed by atoms with Crippen LogP contribution in [0.25, 0.3) is 0 Å². The molecule has 0 radical (unpaired) electrons. The Balaban J connectivity index is 2.37. The second-order valence-corrected chi connectivity index (χ2v) is 6.26. The number of carboxylic acid groups (broad SMARTS) is 1. The van der Waals surface area contributed by atoms with Gasteiger partial charge in [0, 0.05) is 6.07 Å². The van der Waals surface area contributed by atoms with Crippen LogP contribution in [-0.4, -0.2) is 24.7 Å². The number of aryl methyl sites for hydroxylation is 1. The third-order valence-corrected chi connectivity index (χ3v) is 4.61. The maximum absolute atomic E-state index is 12.3. The van der Waals surface area contributed by atoms with Crippen molar-refractivity contribution in [3.8, 4) is 0 Å². The van der Waals surface area contributed by atoms with Crippen molar-refractivity contribution in [2.45, 2.75) is 25.3 Å². The molecule has 1 aromatic heterocycles. The fourth-order valence-electron chi connectivity index (χ4n) is 1.81. The van der Waals surface area contributed by atoms with Gasteiger partial charge >= 0.3 is 5.97 Å². The molecule has 0 atom stereocenters. The number of rotatable bonds is 5. The predicted octanol–water partition coefficient (Wildman–Crippen LogP) is 1.47. The number of hydrogen-bond acceptors (Lipinski definition) is 5. The quantitative estimate of drug-likeness (QED) is 0.865. The van der Waals surface area contributed by atoms with E-state index in [9.17, 15) is 13.2 Å². The highest BCUT2D eigenvalue weighted by Crippen LogP contribution is 2.21. The van der Waals surface area contributed by atoms with E-state index < -0.39 is 16.0 Å². The summed E-state index contributed by atoms with van der Waals surface area (Å²) in [6.45, 7) is 3.24. The second kappa shape index (κ2) is 5.66. The highest BCUT2D eigenvalue weighted by molar-refractivity contribution is 7.89. The molecule has 0 aliphatic heterocycles. The van der Waals surface area contributed by atoms with Gasteiger partial charge in [0.1, 0.15) is 0 Å². The number of sulfonamides is 1. The fourth-order valence-corrected chi connectivity index (χ4v) is 3.14. The molecule has 0 saturated heterocycles. The van der Waals surface area contributed by atoms with Gasteiger partial charge in [0.05, 0.1) is 23.2 Å². The monoisotopic (exact) mass is 310 g/mol. The van der Waals surface area contributed by atoms with Gasteiger partial charge in [-0.3, -0.25) is 0 Å². The summed E-state index contributed by atoms with van der Waals surface area (Å²) in [5.74, 6) is -0.813. The second-order valence-electron chi connectivity index (χ2n) is 4.52. The lowest BCUT2D eigenvalue weighted by molar-refractivity contribution is 0.0696. The first-order chi connectivity index (χ1) is 9.81. The van der Waals surface area contributed by atoms with Crippen molar-refractivity contribution in [3.05, 3.63) is 46.8 Å². The van der Waals surface area contributed by atoms with Crippen LogP contribution in [0.4, 0.5) is 0 Å². The Morgan fingerprint density at radius 1 is 1.38 bits per heavy atom. The average molecular weight is 310 g/mol. The lowest BCUT2D eigenvalue weighted by Gasteiger charge is -2.11. The lowest BCUT2D eigenvalue weighted by atomic mass is 10.1. The van der Waals surface area contributed by atoms with Gasteiger partial charge in [-0.15, -0.1) is 0 Å². The summed E-state index contributed by atoms with van der Waals surface area (Å²) in [4.78, 5) is 11.0. The molecule has 0 spiro atoms. The Labute approximate surface area is 121 Å². The van der Waals surface area contributed by atoms with E-state index in [0.29, 0.717) is 16.9 Å². The van der Waals surface area contributed by atoms with Crippen LogP contribution in [0.2, 0.25) is 0 Å². The zero-order valence-corrected chi connectivity index (χ0v) is 12.3. The topological polar surface area (TPSA) is 110 Å². The summed E-state index contributed by atoms with van der Waals surface area (Å²) in [5, 5.41) is 12.5. The van der Waals surface area contributed by atoms with Crippen molar-refractivity contribution in [1.29, 1.82) is 0 Å². The van der Waals surface area contributed by atoms with Crippen molar-refractivity contribution in [3.63, 3.8) is 0 Å². The van der Waals surface area contributed by atoms with Gasteiger partial charge in [-0.1, -0.05) is 5.16 Å². The first kappa shape index (κ1) is 15.2. The van der Waals surface area contributed by atoms with E-state index >= 15 is 0 Å². The summed E-state index contributed by atoms with van der Waals surface area (Å²) in [6, 6.07) is 4.12. The third kappa shape index (κ3) is 3.29. The highest BCUT2D eigenvalue weighted by atomic mass is 32.2. The van der Waals surface area contributed by atoms with Crippen LogP contribution < -0.4 is 4.72 Å². The molecule has 0 amide bonds. The Morgan fingerprint density at radius 3 is 2.67 bits per heavy atom. The Hall–Kier alpha value is -2.19. The van der Waals surface area contributed by atoms with Crippen molar-refractivity contribution in [2.75, 3.05) is 0 Å². The van der Waals surface area contributed by atoms with Gasteiger partial charge in [-0.05, 0) is 37.1 Å². The minimum Gasteiger partial charge on any atom is -0.478 e. The van der Waals surface area contributed by atoms with Gasteiger partial charge < -0.3 is 9.63 Å². The molecular formula is C13H14N2O5S. The Kier molecular flexibility index (Phi) is 4.10. The minimum atomic E-state index is -3.85. The fraction of sp³-hybridized carbons (Fsp3) is 0.231. The molecule has 112 valence electrons. The van der Waals surface area contributed by atoms with Gasteiger partial charge in [0.15, 0.2) is 5.76 Å². The third-order valence-electron chi connectivity index (χ3n) is 3.08. The van der Waals surface area contributed by atoms with Crippen LogP contribution in [0, 0.1) is 13.8 Å². The summed E-state index contributed by atoms with van der Waals surface area (Å²) in [7, 11) is -3.85. The molecule has 7 nitrogen and oxygen atoms in total. The molecule has 1 heterocycles. The number of aromatic carboxylic acids is 1. The van der Waals surface area contributed by atoms with Gasteiger partial charge in [0.25, 0.3) is 0 Å².